The zero-order chi connectivity index (χ0) is 21.2. The van der Waals surface area contributed by atoms with E-state index in [9.17, 15) is 9.18 Å². The minimum absolute atomic E-state index is 0. The van der Waals surface area contributed by atoms with Crippen LogP contribution in [0.15, 0.2) is 47.7 Å². The largest absolute Gasteiger partial charge is 0.357 e. The number of amides is 1. The lowest BCUT2D eigenvalue weighted by molar-refractivity contribution is -0.120. The summed E-state index contributed by atoms with van der Waals surface area (Å²) in [4.78, 5) is 29.7. The molecule has 0 unspecified atom stereocenters. The van der Waals surface area contributed by atoms with Gasteiger partial charge in [-0.05, 0) is 30.7 Å². The number of aromatic nitrogens is 2. The number of nitrogens with one attached hydrogen (secondary N) is 2. The first-order valence-corrected chi connectivity index (χ1v) is 10.2. The first-order chi connectivity index (χ1) is 14.7. The van der Waals surface area contributed by atoms with Crippen LogP contribution < -0.4 is 15.5 Å². The number of nitrogens with zero attached hydrogens (tertiary/aromatic N) is 5. The normalized spacial score (nSPS) is 14.1. The van der Waals surface area contributed by atoms with Gasteiger partial charge in [-0.2, -0.15) is 0 Å². The van der Waals surface area contributed by atoms with Crippen LogP contribution in [0, 0.1) is 5.82 Å². The van der Waals surface area contributed by atoms with Crippen LogP contribution >= 0.6 is 24.0 Å². The fraction of sp³-hybridized carbons (Fsp3) is 0.429. The number of hydrogen-bond donors (Lipinski definition) is 2. The number of aliphatic imine (C=N–C) groups is 1. The highest BCUT2D eigenvalue weighted by Gasteiger charge is 2.20. The lowest BCUT2D eigenvalue weighted by atomic mass is 10.1. The SMILES string of the molecule is CCNC(=NCCNC(=O)Cc1cccc(F)c1)N1CCN(c2ncccn2)CC1.I. The second-order valence-electron chi connectivity index (χ2n) is 6.92. The highest BCUT2D eigenvalue weighted by atomic mass is 127. The summed E-state index contributed by atoms with van der Waals surface area (Å²) < 4.78 is 13.2. The summed E-state index contributed by atoms with van der Waals surface area (Å²) in [5.74, 6) is 1.11. The molecule has 1 aliphatic heterocycles. The number of rotatable bonds is 7. The molecule has 2 heterocycles. The van der Waals surface area contributed by atoms with Crippen LogP contribution in [0.25, 0.3) is 0 Å². The minimum Gasteiger partial charge on any atom is -0.357 e. The van der Waals surface area contributed by atoms with E-state index in [4.69, 9.17) is 0 Å². The average molecular weight is 541 g/mol. The Bertz CT molecular complexity index is 845. The van der Waals surface area contributed by atoms with Crippen molar-refractivity contribution in [1.82, 2.24) is 25.5 Å². The second-order valence-corrected chi connectivity index (χ2v) is 6.92. The molecule has 0 bridgehead atoms. The fourth-order valence-corrected chi connectivity index (χ4v) is 3.25. The van der Waals surface area contributed by atoms with E-state index in [2.05, 4.69) is 35.4 Å². The van der Waals surface area contributed by atoms with Crippen LogP contribution in [-0.2, 0) is 11.2 Å². The highest BCUT2D eigenvalue weighted by Crippen LogP contribution is 2.09. The molecule has 168 valence electrons. The first-order valence-electron chi connectivity index (χ1n) is 10.2. The van der Waals surface area contributed by atoms with Crippen molar-refractivity contribution in [3.05, 3.63) is 54.1 Å². The third-order valence-electron chi connectivity index (χ3n) is 4.70. The van der Waals surface area contributed by atoms with E-state index in [1.54, 1.807) is 24.5 Å². The molecule has 3 rings (SSSR count). The molecule has 1 aromatic heterocycles. The van der Waals surface area contributed by atoms with Gasteiger partial charge in [-0.15, -0.1) is 24.0 Å². The molecule has 0 atom stereocenters. The maximum atomic E-state index is 13.2. The molecule has 2 aromatic rings. The minimum atomic E-state index is -0.334. The predicted octanol–water partition coefficient (Wildman–Crippen LogP) is 1.68. The molecule has 0 spiro atoms. The number of guanidine groups is 1. The van der Waals surface area contributed by atoms with Gasteiger partial charge in [-0.1, -0.05) is 12.1 Å². The molecule has 2 N–H and O–H groups in total. The predicted molar refractivity (Wildman–Crippen MR) is 130 cm³/mol. The molecule has 10 heteroatoms. The molecular formula is C21H29FIN7O. The van der Waals surface area contributed by atoms with Crippen molar-refractivity contribution in [3.63, 3.8) is 0 Å². The van der Waals surface area contributed by atoms with Gasteiger partial charge in [0.15, 0.2) is 5.96 Å². The molecule has 1 amide bonds. The van der Waals surface area contributed by atoms with E-state index in [0.717, 1.165) is 44.6 Å². The third kappa shape index (κ3) is 7.93. The van der Waals surface area contributed by atoms with Crippen molar-refractivity contribution in [2.45, 2.75) is 13.3 Å². The Kier molecular flexibility index (Phi) is 10.4. The van der Waals surface area contributed by atoms with E-state index in [1.807, 2.05) is 13.0 Å². The molecule has 0 aliphatic carbocycles. The number of hydrogen-bond acceptors (Lipinski definition) is 5. The van der Waals surface area contributed by atoms with Crippen molar-refractivity contribution < 1.29 is 9.18 Å². The van der Waals surface area contributed by atoms with E-state index < -0.39 is 0 Å². The summed E-state index contributed by atoms with van der Waals surface area (Å²) in [7, 11) is 0. The van der Waals surface area contributed by atoms with Crippen LogP contribution in [0.1, 0.15) is 12.5 Å². The van der Waals surface area contributed by atoms with Gasteiger partial charge < -0.3 is 20.4 Å². The second kappa shape index (κ2) is 13.0. The number of anilines is 1. The number of halogens is 2. The van der Waals surface area contributed by atoms with Gasteiger partial charge in [0.05, 0.1) is 13.0 Å². The Morgan fingerprint density at radius 1 is 1.13 bits per heavy atom. The van der Waals surface area contributed by atoms with Gasteiger partial charge in [0.25, 0.3) is 0 Å². The van der Waals surface area contributed by atoms with E-state index in [1.165, 1.54) is 12.1 Å². The Labute approximate surface area is 199 Å². The molecular weight excluding hydrogens is 512 g/mol. The van der Waals surface area contributed by atoms with Gasteiger partial charge in [0.2, 0.25) is 11.9 Å². The summed E-state index contributed by atoms with van der Waals surface area (Å²) in [6.45, 7) is 6.97. The topological polar surface area (TPSA) is 85.8 Å². The maximum Gasteiger partial charge on any atom is 0.225 e. The lowest BCUT2D eigenvalue weighted by Gasteiger charge is -2.36. The molecule has 0 radical (unpaired) electrons. The van der Waals surface area contributed by atoms with Gasteiger partial charge in [0, 0.05) is 51.7 Å². The van der Waals surface area contributed by atoms with Crippen molar-refractivity contribution in [3.8, 4) is 0 Å². The van der Waals surface area contributed by atoms with Crippen LogP contribution in [0.5, 0.6) is 0 Å². The van der Waals surface area contributed by atoms with Gasteiger partial charge >= 0.3 is 0 Å². The molecule has 0 saturated carbocycles. The summed E-state index contributed by atoms with van der Waals surface area (Å²) >= 11 is 0. The molecule has 8 nitrogen and oxygen atoms in total. The summed E-state index contributed by atoms with van der Waals surface area (Å²) in [5, 5.41) is 6.15. The number of piperazine rings is 1. The van der Waals surface area contributed by atoms with Gasteiger partial charge in [-0.25, -0.2) is 14.4 Å². The van der Waals surface area contributed by atoms with Crippen molar-refractivity contribution in [2.75, 3.05) is 50.7 Å². The monoisotopic (exact) mass is 541 g/mol. The van der Waals surface area contributed by atoms with Crippen molar-refractivity contribution in [1.29, 1.82) is 0 Å². The highest BCUT2D eigenvalue weighted by molar-refractivity contribution is 14.0. The van der Waals surface area contributed by atoms with E-state index in [-0.39, 0.29) is 42.1 Å². The molecule has 1 fully saturated rings. The Morgan fingerprint density at radius 2 is 1.87 bits per heavy atom. The molecule has 1 aliphatic rings. The number of carbonyl (C=O) groups excluding carboxylic acids is 1. The maximum absolute atomic E-state index is 13.2. The zero-order valence-electron chi connectivity index (χ0n) is 17.6. The van der Waals surface area contributed by atoms with Crippen molar-refractivity contribution in [2.24, 2.45) is 4.99 Å². The van der Waals surface area contributed by atoms with E-state index in [0.29, 0.717) is 18.7 Å². The summed E-state index contributed by atoms with van der Waals surface area (Å²) in [5.41, 5.74) is 0.657. The Balaban J connectivity index is 0.00000341. The van der Waals surface area contributed by atoms with Crippen molar-refractivity contribution >= 4 is 41.8 Å². The quantitative estimate of drug-likeness (QED) is 0.240. The standard InChI is InChI=1S/C21H28FN7O.HI/c1-2-23-20(28-11-13-29(14-12-28)21-25-7-4-8-26-21)27-10-9-24-19(30)16-17-5-3-6-18(22)15-17;/h3-8,15H,2,9-14,16H2,1H3,(H,23,27)(H,24,30);1H. The van der Waals surface area contributed by atoms with Crippen LogP contribution in [-0.4, -0.2) is 72.5 Å². The van der Waals surface area contributed by atoms with E-state index >= 15 is 0 Å². The van der Waals surface area contributed by atoms with Gasteiger partial charge in [0.1, 0.15) is 5.82 Å². The zero-order valence-corrected chi connectivity index (χ0v) is 20.0. The third-order valence-corrected chi connectivity index (χ3v) is 4.70. The Morgan fingerprint density at radius 3 is 2.55 bits per heavy atom. The Hall–Kier alpha value is -2.50. The van der Waals surface area contributed by atoms with Crippen LogP contribution in [0.3, 0.4) is 0 Å². The molecule has 31 heavy (non-hydrogen) atoms. The number of carbonyl (C=O) groups is 1. The fourth-order valence-electron chi connectivity index (χ4n) is 3.25. The first kappa shape index (κ1) is 24.8. The molecule has 1 saturated heterocycles. The smallest absolute Gasteiger partial charge is 0.225 e. The molecule has 1 aromatic carbocycles. The lowest BCUT2D eigenvalue weighted by Crippen LogP contribution is -2.53. The summed E-state index contributed by atoms with van der Waals surface area (Å²) in [6.07, 6.45) is 3.66. The average Bonchev–Trinajstić information content (AvgIpc) is 2.77. The van der Waals surface area contributed by atoms with Crippen LogP contribution in [0.4, 0.5) is 10.3 Å². The van der Waals surface area contributed by atoms with Crippen LogP contribution in [0.2, 0.25) is 0 Å². The van der Waals surface area contributed by atoms with Gasteiger partial charge in [-0.3, -0.25) is 9.79 Å². The summed E-state index contributed by atoms with van der Waals surface area (Å²) in [6, 6.07) is 7.90. The number of benzene rings is 1.